The van der Waals surface area contributed by atoms with Gasteiger partial charge < -0.3 is 15.0 Å². The lowest BCUT2D eigenvalue weighted by Gasteiger charge is -2.29. The van der Waals surface area contributed by atoms with Gasteiger partial charge in [0.15, 0.2) is 0 Å². The summed E-state index contributed by atoms with van der Waals surface area (Å²) in [6.07, 6.45) is 5.27. The van der Waals surface area contributed by atoms with Crippen LogP contribution in [-0.2, 0) is 4.74 Å². The monoisotopic (exact) mass is 284 g/mol. The molecule has 0 aliphatic carbocycles. The Kier molecular flexibility index (Phi) is 8.74. The van der Waals surface area contributed by atoms with Gasteiger partial charge in [-0.1, -0.05) is 20.8 Å². The first kappa shape index (κ1) is 17.9. The zero-order chi connectivity index (χ0) is 14.8. The molecule has 1 fully saturated rings. The smallest absolute Gasteiger partial charge is 0.0477 e. The van der Waals surface area contributed by atoms with Crippen molar-refractivity contribution in [3.05, 3.63) is 0 Å². The predicted molar refractivity (Wildman–Crippen MR) is 87.2 cm³/mol. The van der Waals surface area contributed by atoms with Gasteiger partial charge in [-0.2, -0.15) is 0 Å². The maximum atomic E-state index is 5.34. The summed E-state index contributed by atoms with van der Waals surface area (Å²) in [6.45, 7) is 16.9. The van der Waals surface area contributed by atoms with Crippen LogP contribution in [0.3, 0.4) is 0 Å². The number of nitrogens with one attached hydrogen (secondary N) is 1. The highest BCUT2D eigenvalue weighted by molar-refractivity contribution is 4.78. The molecule has 0 radical (unpaired) electrons. The number of ether oxygens (including phenoxy) is 1. The Morgan fingerprint density at radius 2 is 1.95 bits per heavy atom. The lowest BCUT2D eigenvalue weighted by molar-refractivity contribution is 0.144. The van der Waals surface area contributed by atoms with Crippen molar-refractivity contribution in [3.63, 3.8) is 0 Å². The molecule has 1 atom stereocenters. The average Bonchev–Trinajstić information content (AvgIpc) is 2.63. The summed E-state index contributed by atoms with van der Waals surface area (Å²) in [7, 11) is 0. The zero-order valence-corrected chi connectivity index (χ0v) is 14.2. The van der Waals surface area contributed by atoms with E-state index >= 15 is 0 Å². The summed E-state index contributed by atoms with van der Waals surface area (Å²) in [5.74, 6) is 0.895. The maximum absolute atomic E-state index is 5.34. The molecular formula is C17H36N2O. The topological polar surface area (TPSA) is 24.5 Å². The quantitative estimate of drug-likeness (QED) is 0.693. The van der Waals surface area contributed by atoms with E-state index in [0.717, 1.165) is 38.6 Å². The number of hydrogen-bond acceptors (Lipinski definition) is 3. The Hall–Kier alpha value is -0.120. The Labute approximate surface area is 126 Å². The van der Waals surface area contributed by atoms with E-state index in [9.17, 15) is 0 Å². The molecule has 20 heavy (non-hydrogen) atoms. The largest absolute Gasteiger partial charge is 0.382 e. The molecule has 1 heterocycles. The lowest BCUT2D eigenvalue weighted by Crippen LogP contribution is -2.33. The number of rotatable bonds is 8. The summed E-state index contributed by atoms with van der Waals surface area (Å²) in [6, 6.07) is 0. The summed E-state index contributed by atoms with van der Waals surface area (Å²) in [5.41, 5.74) is 0.480. The third kappa shape index (κ3) is 7.61. The highest BCUT2D eigenvalue weighted by Gasteiger charge is 2.26. The Balaban J connectivity index is 2.07. The third-order valence-corrected chi connectivity index (χ3v) is 4.50. The molecule has 3 nitrogen and oxygen atoms in total. The molecule has 0 amide bonds. The van der Waals surface area contributed by atoms with Crippen LogP contribution < -0.4 is 5.32 Å². The summed E-state index contributed by atoms with van der Waals surface area (Å²) >= 11 is 0. The molecule has 1 rings (SSSR count). The van der Waals surface area contributed by atoms with Crippen molar-refractivity contribution in [1.29, 1.82) is 0 Å². The van der Waals surface area contributed by atoms with Crippen molar-refractivity contribution in [2.24, 2.45) is 11.3 Å². The Bertz CT molecular complexity index is 238. The molecule has 0 aromatic carbocycles. The van der Waals surface area contributed by atoms with Crippen LogP contribution >= 0.6 is 0 Å². The van der Waals surface area contributed by atoms with Gasteiger partial charge in [-0.15, -0.1) is 0 Å². The first-order valence-corrected chi connectivity index (χ1v) is 8.55. The van der Waals surface area contributed by atoms with Crippen molar-refractivity contribution in [3.8, 4) is 0 Å². The third-order valence-electron chi connectivity index (χ3n) is 4.50. The first-order chi connectivity index (χ1) is 9.54. The van der Waals surface area contributed by atoms with Crippen molar-refractivity contribution in [2.75, 3.05) is 45.9 Å². The second kappa shape index (κ2) is 9.75. The van der Waals surface area contributed by atoms with Crippen molar-refractivity contribution < 1.29 is 4.74 Å². The van der Waals surface area contributed by atoms with E-state index in [1.54, 1.807) is 0 Å². The van der Waals surface area contributed by atoms with Gasteiger partial charge in [0.2, 0.25) is 0 Å². The van der Waals surface area contributed by atoms with Crippen molar-refractivity contribution in [2.45, 2.75) is 53.4 Å². The van der Waals surface area contributed by atoms with Crippen molar-refractivity contribution >= 4 is 0 Å². The molecule has 0 aromatic rings. The van der Waals surface area contributed by atoms with E-state index in [-0.39, 0.29) is 0 Å². The number of hydrogen-bond donors (Lipinski definition) is 1. The molecule has 0 saturated carbocycles. The standard InChI is InChI=1S/C17H36N2O/c1-5-20-15-7-10-18-11-14-19-12-6-8-16(9-13-19)17(2,3)4/h16,18H,5-15H2,1-4H3. The van der Waals surface area contributed by atoms with E-state index in [2.05, 4.69) is 37.9 Å². The van der Waals surface area contributed by atoms with Gasteiger partial charge in [-0.25, -0.2) is 0 Å². The van der Waals surface area contributed by atoms with Crippen LogP contribution in [0.4, 0.5) is 0 Å². The average molecular weight is 284 g/mol. The maximum Gasteiger partial charge on any atom is 0.0477 e. The molecule has 0 spiro atoms. The molecular weight excluding hydrogens is 248 g/mol. The fraction of sp³-hybridized carbons (Fsp3) is 1.00. The van der Waals surface area contributed by atoms with Crippen LogP contribution in [0.1, 0.15) is 53.4 Å². The molecule has 1 aliphatic rings. The number of nitrogens with zero attached hydrogens (tertiary/aromatic N) is 1. The van der Waals surface area contributed by atoms with E-state index in [1.165, 1.54) is 38.9 Å². The van der Waals surface area contributed by atoms with Crippen LogP contribution in [0, 0.1) is 11.3 Å². The SMILES string of the molecule is CCOCCCNCCN1CCCC(C(C)(C)C)CC1. The normalized spacial score (nSPS) is 21.9. The van der Waals surface area contributed by atoms with Gasteiger partial charge in [0.05, 0.1) is 0 Å². The van der Waals surface area contributed by atoms with Crippen LogP contribution in [0.15, 0.2) is 0 Å². The molecule has 1 saturated heterocycles. The summed E-state index contributed by atoms with van der Waals surface area (Å²) in [4.78, 5) is 2.64. The minimum Gasteiger partial charge on any atom is -0.382 e. The molecule has 3 heteroatoms. The molecule has 1 N–H and O–H groups in total. The molecule has 1 aliphatic heterocycles. The summed E-state index contributed by atoms with van der Waals surface area (Å²) < 4.78 is 5.34. The second-order valence-corrected chi connectivity index (χ2v) is 7.14. The highest BCUT2D eigenvalue weighted by Crippen LogP contribution is 2.34. The van der Waals surface area contributed by atoms with Crippen LogP contribution in [0.5, 0.6) is 0 Å². The summed E-state index contributed by atoms with van der Waals surface area (Å²) in [5, 5.41) is 3.53. The van der Waals surface area contributed by atoms with Crippen LogP contribution in [0.25, 0.3) is 0 Å². The Morgan fingerprint density at radius 1 is 1.15 bits per heavy atom. The fourth-order valence-corrected chi connectivity index (χ4v) is 3.05. The van der Waals surface area contributed by atoms with Gasteiger partial charge in [0.1, 0.15) is 0 Å². The highest BCUT2D eigenvalue weighted by atomic mass is 16.5. The minimum absolute atomic E-state index is 0.480. The van der Waals surface area contributed by atoms with Gasteiger partial charge in [0.25, 0.3) is 0 Å². The van der Waals surface area contributed by atoms with E-state index in [1.807, 2.05) is 0 Å². The van der Waals surface area contributed by atoms with Gasteiger partial charge in [-0.05, 0) is 63.6 Å². The molecule has 0 bridgehead atoms. The minimum atomic E-state index is 0.480. The van der Waals surface area contributed by atoms with Gasteiger partial charge >= 0.3 is 0 Å². The predicted octanol–water partition coefficient (Wildman–Crippen LogP) is 3.15. The van der Waals surface area contributed by atoms with E-state index in [0.29, 0.717) is 5.41 Å². The molecule has 120 valence electrons. The van der Waals surface area contributed by atoms with Gasteiger partial charge in [-0.3, -0.25) is 0 Å². The first-order valence-electron chi connectivity index (χ1n) is 8.55. The zero-order valence-electron chi connectivity index (χ0n) is 14.2. The fourth-order valence-electron chi connectivity index (χ4n) is 3.05. The van der Waals surface area contributed by atoms with Crippen LogP contribution in [0.2, 0.25) is 0 Å². The van der Waals surface area contributed by atoms with Gasteiger partial charge in [0, 0.05) is 26.3 Å². The lowest BCUT2D eigenvalue weighted by atomic mass is 9.77. The van der Waals surface area contributed by atoms with E-state index < -0.39 is 0 Å². The van der Waals surface area contributed by atoms with Crippen LogP contribution in [-0.4, -0.2) is 50.8 Å². The number of likely N-dealkylation sites (tertiary alicyclic amines) is 1. The second-order valence-electron chi connectivity index (χ2n) is 7.14. The van der Waals surface area contributed by atoms with Crippen molar-refractivity contribution in [1.82, 2.24) is 10.2 Å². The Morgan fingerprint density at radius 3 is 2.65 bits per heavy atom. The molecule has 1 unspecified atom stereocenters. The molecule has 0 aromatic heterocycles. The van der Waals surface area contributed by atoms with E-state index in [4.69, 9.17) is 4.74 Å².